The smallest absolute Gasteiger partial charge is 0.0450 e. The van der Waals surface area contributed by atoms with Crippen molar-refractivity contribution in [2.75, 3.05) is 23.8 Å². The van der Waals surface area contributed by atoms with Crippen molar-refractivity contribution in [3.8, 4) is 0 Å². The summed E-state index contributed by atoms with van der Waals surface area (Å²) < 4.78 is 0. The van der Waals surface area contributed by atoms with Gasteiger partial charge in [0.05, 0.1) is 0 Å². The van der Waals surface area contributed by atoms with Crippen molar-refractivity contribution in [2.24, 2.45) is 0 Å². The van der Waals surface area contributed by atoms with Gasteiger partial charge in [0.15, 0.2) is 0 Å². The van der Waals surface area contributed by atoms with E-state index in [9.17, 15) is 0 Å². The lowest BCUT2D eigenvalue weighted by molar-refractivity contribution is 0.491. The lowest BCUT2D eigenvalue weighted by Gasteiger charge is -2.32. The maximum absolute atomic E-state index is 4.11. The predicted octanol–water partition coefficient (Wildman–Crippen LogP) is 9.06. The molecule has 0 spiro atoms. The Morgan fingerprint density at radius 3 is 2.56 bits per heavy atom. The number of hydrogen-bond acceptors (Lipinski definition) is 2. The van der Waals surface area contributed by atoms with E-state index in [0.717, 1.165) is 25.8 Å². The van der Waals surface area contributed by atoms with Gasteiger partial charge in [0.2, 0.25) is 0 Å². The van der Waals surface area contributed by atoms with Gasteiger partial charge in [0, 0.05) is 41.5 Å². The summed E-state index contributed by atoms with van der Waals surface area (Å²) in [5.41, 5.74) is 7.99. The van der Waals surface area contributed by atoms with E-state index in [2.05, 4.69) is 130 Å². The number of hydrogen-bond donors (Lipinski definition) is 1. The van der Waals surface area contributed by atoms with E-state index in [4.69, 9.17) is 0 Å². The molecule has 0 aliphatic carbocycles. The molecule has 0 saturated carbocycles. The molecule has 36 heavy (non-hydrogen) atoms. The summed E-state index contributed by atoms with van der Waals surface area (Å²) in [6.45, 7) is 16.7. The lowest BCUT2D eigenvalue weighted by Crippen LogP contribution is -2.26. The normalized spacial score (nSPS) is 17.5. The second-order valence-corrected chi connectivity index (χ2v) is 11.0. The van der Waals surface area contributed by atoms with Crippen molar-refractivity contribution in [1.82, 2.24) is 0 Å². The Hall–Kier alpha value is -3.26. The van der Waals surface area contributed by atoms with Gasteiger partial charge in [-0.15, -0.1) is 6.58 Å². The summed E-state index contributed by atoms with van der Waals surface area (Å²) in [6, 6.07) is 20.0. The third-order valence-corrected chi connectivity index (χ3v) is 7.85. The molecule has 3 aromatic rings. The molecule has 4 rings (SSSR count). The average Bonchev–Trinajstić information content (AvgIpc) is 3.06. The highest BCUT2D eigenvalue weighted by Gasteiger charge is 2.39. The minimum atomic E-state index is -0.0651. The van der Waals surface area contributed by atoms with Crippen molar-refractivity contribution in [1.29, 1.82) is 0 Å². The molecule has 1 atom stereocenters. The Labute approximate surface area is 218 Å². The van der Waals surface area contributed by atoms with Crippen LogP contribution in [0.15, 0.2) is 91.2 Å². The largest absolute Gasteiger partial charge is 0.388 e. The van der Waals surface area contributed by atoms with Crippen LogP contribution in [0, 0.1) is 6.92 Å². The average molecular weight is 479 g/mol. The quantitative estimate of drug-likeness (QED) is 0.309. The van der Waals surface area contributed by atoms with E-state index in [1.54, 1.807) is 0 Å². The van der Waals surface area contributed by atoms with Crippen LogP contribution in [0.5, 0.6) is 0 Å². The molecular formula is C34H42N2. The fraction of sp³-hybridized carbons (Fsp3) is 0.353. The van der Waals surface area contributed by atoms with E-state index in [-0.39, 0.29) is 10.8 Å². The zero-order chi connectivity index (χ0) is 25.9. The molecular weight excluding hydrogens is 436 g/mol. The lowest BCUT2D eigenvalue weighted by atomic mass is 9.74. The van der Waals surface area contributed by atoms with Crippen LogP contribution in [-0.4, -0.2) is 13.6 Å². The molecule has 0 bridgehead atoms. The SMILES string of the molecule is C=CCC(C)(C/C=C/C=C1/N(CCC)c2ccc(C)cc2C1(C)C)c1c(NC)ccc2ccccc12. The fourth-order valence-corrected chi connectivity index (χ4v) is 5.98. The van der Waals surface area contributed by atoms with Gasteiger partial charge in [-0.25, -0.2) is 0 Å². The Morgan fingerprint density at radius 1 is 1.06 bits per heavy atom. The van der Waals surface area contributed by atoms with Crippen molar-refractivity contribution < 1.29 is 0 Å². The molecule has 1 N–H and O–H groups in total. The molecule has 188 valence electrons. The number of benzene rings is 3. The molecule has 0 saturated heterocycles. The number of nitrogens with one attached hydrogen (secondary N) is 1. The van der Waals surface area contributed by atoms with Crippen LogP contribution in [0.1, 0.15) is 63.6 Å². The minimum absolute atomic E-state index is 0.0137. The third-order valence-electron chi connectivity index (χ3n) is 7.85. The maximum atomic E-state index is 4.11. The molecule has 0 radical (unpaired) electrons. The second kappa shape index (κ2) is 10.4. The van der Waals surface area contributed by atoms with Crippen molar-refractivity contribution >= 4 is 22.1 Å². The Bertz CT molecular complexity index is 1310. The summed E-state index contributed by atoms with van der Waals surface area (Å²) >= 11 is 0. The van der Waals surface area contributed by atoms with Gasteiger partial charge in [-0.1, -0.05) is 94.0 Å². The summed E-state index contributed by atoms with van der Waals surface area (Å²) in [7, 11) is 2.02. The van der Waals surface area contributed by atoms with Crippen LogP contribution >= 0.6 is 0 Å². The van der Waals surface area contributed by atoms with Gasteiger partial charge < -0.3 is 10.2 Å². The van der Waals surface area contributed by atoms with Gasteiger partial charge >= 0.3 is 0 Å². The number of allylic oxidation sites excluding steroid dienone is 5. The zero-order valence-corrected chi connectivity index (χ0v) is 23.0. The van der Waals surface area contributed by atoms with E-state index >= 15 is 0 Å². The van der Waals surface area contributed by atoms with E-state index in [1.807, 2.05) is 7.05 Å². The van der Waals surface area contributed by atoms with E-state index in [1.165, 1.54) is 44.5 Å². The highest BCUT2D eigenvalue weighted by Crippen LogP contribution is 2.48. The molecule has 3 aromatic carbocycles. The van der Waals surface area contributed by atoms with Gasteiger partial charge in [0.1, 0.15) is 0 Å². The maximum Gasteiger partial charge on any atom is 0.0450 e. The van der Waals surface area contributed by atoms with Crippen molar-refractivity contribution in [3.05, 3.63) is 108 Å². The van der Waals surface area contributed by atoms with Crippen LogP contribution < -0.4 is 10.2 Å². The summed E-state index contributed by atoms with van der Waals surface area (Å²) in [6.07, 6.45) is 12.0. The Morgan fingerprint density at radius 2 is 1.83 bits per heavy atom. The number of fused-ring (bicyclic) bond motifs is 2. The van der Waals surface area contributed by atoms with Crippen LogP contribution in [0.25, 0.3) is 10.8 Å². The number of nitrogens with zero attached hydrogens (tertiary/aromatic N) is 1. The minimum Gasteiger partial charge on any atom is -0.388 e. The van der Waals surface area contributed by atoms with Crippen molar-refractivity contribution in [3.63, 3.8) is 0 Å². The number of rotatable bonds is 9. The number of aryl methyl sites for hydroxylation is 1. The highest BCUT2D eigenvalue weighted by molar-refractivity contribution is 5.91. The van der Waals surface area contributed by atoms with Crippen LogP contribution in [-0.2, 0) is 10.8 Å². The first kappa shape index (κ1) is 25.8. The van der Waals surface area contributed by atoms with E-state index < -0.39 is 0 Å². The standard InChI is InChI=1S/C34H42N2/c1-8-21-34(6,32-27-15-11-10-14-26(27)18-19-29(32)35-7)22-13-12-16-31-33(4,5)28-24-25(3)17-20-30(28)36(31)23-9-2/h8,10-20,24,35H,1,9,21-23H2,2-7H3/b13-12+,31-16+. The molecule has 1 unspecified atom stereocenters. The molecule has 0 aromatic heterocycles. The summed E-state index contributed by atoms with van der Waals surface area (Å²) in [5, 5.41) is 6.05. The number of anilines is 2. The summed E-state index contributed by atoms with van der Waals surface area (Å²) in [4.78, 5) is 2.52. The van der Waals surface area contributed by atoms with Crippen LogP contribution in [0.3, 0.4) is 0 Å². The van der Waals surface area contributed by atoms with Gasteiger partial charge in [-0.05, 0) is 66.3 Å². The first-order valence-corrected chi connectivity index (χ1v) is 13.3. The summed E-state index contributed by atoms with van der Waals surface area (Å²) in [5.74, 6) is 0. The van der Waals surface area contributed by atoms with Gasteiger partial charge in [-0.2, -0.15) is 0 Å². The van der Waals surface area contributed by atoms with Gasteiger partial charge in [0.25, 0.3) is 0 Å². The molecule has 1 aliphatic rings. The van der Waals surface area contributed by atoms with Crippen LogP contribution in [0.2, 0.25) is 0 Å². The molecule has 0 fully saturated rings. The molecule has 1 heterocycles. The fourth-order valence-electron chi connectivity index (χ4n) is 5.98. The second-order valence-electron chi connectivity index (χ2n) is 11.0. The van der Waals surface area contributed by atoms with Crippen LogP contribution in [0.4, 0.5) is 11.4 Å². The van der Waals surface area contributed by atoms with Gasteiger partial charge in [-0.3, -0.25) is 0 Å². The zero-order valence-electron chi connectivity index (χ0n) is 23.0. The molecule has 1 aliphatic heterocycles. The predicted molar refractivity (Wildman–Crippen MR) is 159 cm³/mol. The highest BCUT2D eigenvalue weighted by atomic mass is 15.2. The monoisotopic (exact) mass is 478 g/mol. The van der Waals surface area contributed by atoms with Crippen molar-refractivity contribution in [2.45, 2.75) is 64.7 Å². The topological polar surface area (TPSA) is 15.3 Å². The Balaban J connectivity index is 1.70. The third kappa shape index (κ3) is 4.62. The Kier molecular flexibility index (Phi) is 7.45. The first-order valence-electron chi connectivity index (χ1n) is 13.3. The molecule has 2 nitrogen and oxygen atoms in total. The molecule has 0 amide bonds. The first-order chi connectivity index (χ1) is 17.3. The van der Waals surface area contributed by atoms with E-state index in [0.29, 0.717) is 0 Å². The molecule has 2 heteroatoms.